The van der Waals surface area contributed by atoms with Gasteiger partial charge in [0.1, 0.15) is 18.2 Å². The van der Waals surface area contributed by atoms with Crippen molar-refractivity contribution in [1.82, 2.24) is 5.43 Å². The maximum atomic E-state index is 12.9. The molecule has 0 aromatic heterocycles. The molecule has 0 aliphatic heterocycles. The molecule has 2 amide bonds. The second-order valence-electron chi connectivity index (χ2n) is 6.69. The molecule has 6 nitrogen and oxygen atoms in total. The average Bonchev–Trinajstić information content (AvgIpc) is 2.79. The monoisotopic (exact) mass is 419 g/mol. The standard InChI is InChI=1S/C24H22FN3O3/c25-20-10-6-19(7-11-20)17-31-22-12-8-18(9-13-22)16-26-28-24(30)15-14-23(29)27-21-4-2-1-3-5-21/h1-13,16H,14-15,17H2,(H,27,29)(H,28,30). The predicted octanol–water partition coefficient (Wildman–Crippen LogP) is 4.27. The van der Waals surface area contributed by atoms with Crippen molar-refractivity contribution in [1.29, 1.82) is 0 Å². The molecule has 31 heavy (non-hydrogen) atoms. The molecule has 0 unspecified atom stereocenters. The quantitative estimate of drug-likeness (QED) is 0.401. The van der Waals surface area contributed by atoms with Gasteiger partial charge < -0.3 is 10.1 Å². The summed E-state index contributed by atoms with van der Waals surface area (Å²) >= 11 is 0. The lowest BCUT2D eigenvalue weighted by atomic mass is 10.2. The number of halogens is 1. The fourth-order valence-electron chi connectivity index (χ4n) is 2.60. The third-order valence-electron chi connectivity index (χ3n) is 4.24. The van der Waals surface area contributed by atoms with Crippen molar-refractivity contribution >= 4 is 23.7 Å². The minimum Gasteiger partial charge on any atom is -0.489 e. The van der Waals surface area contributed by atoms with Gasteiger partial charge in [-0.1, -0.05) is 30.3 Å². The van der Waals surface area contributed by atoms with Crippen molar-refractivity contribution < 1.29 is 18.7 Å². The van der Waals surface area contributed by atoms with Gasteiger partial charge >= 0.3 is 0 Å². The molecule has 0 bridgehead atoms. The smallest absolute Gasteiger partial charge is 0.240 e. The zero-order valence-electron chi connectivity index (χ0n) is 16.8. The minimum atomic E-state index is -0.348. The molecule has 0 spiro atoms. The molecular weight excluding hydrogens is 397 g/mol. The van der Waals surface area contributed by atoms with E-state index in [1.165, 1.54) is 18.3 Å². The SMILES string of the molecule is O=C(CCC(=O)Nc1ccccc1)NN=Cc1ccc(OCc2ccc(F)cc2)cc1. The second kappa shape index (κ2) is 11.3. The number of hydrazone groups is 1. The lowest BCUT2D eigenvalue weighted by molar-refractivity contribution is -0.124. The summed E-state index contributed by atoms with van der Waals surface area (Å²) in [6.45, 7) is 0.335. The normalized spacial score (nSPS) is 10.6. The van der Waals surface area contributed by atoms with Crippen LogP contribution in [0.2, 0.25) is 0 Å². The number of carbonyl (C=O) groups excluding carboxylic acids is 2. The van der Waals surface area contributed by atoms with Gasteiger partial charge in [-0.2, -0.15) is 5.10 Å². The van der Waals surface area contributed by atoms with E-state index in [4.69, 9.17) is 4.74 Å². The Balaban J connectivity index is 1.37. The van der Waals surface area contributed by atoms with Crippen molar-refractivity contribution in [3.8, 4) is 5.75 Å². The first-order valence-electron chi connectivity index (χ1n) is 9.72. The topological polar surface area (TPSA) is 79.8 Å². The van der Waals surface area contributed by atoms with Crippen LogP contribution in [0.4, 0.5) is 10.1 Å². The molecule has 0 saturated carbocycles. The van der Waals surface area contributed by atoms with Gasteiger partial charge in [-0.3, -0.25) is 9.59 Å². The van der Waals surface area contributed by atoms with E-state index in [0.717, 1.165) is 11.1 Å². The molecule has 0 atom stereocenters. The van der Waals surface area contributed by atoms with Crippen LogP contribution >= 0.6 is 0 Å². The van der Waals surface area contributed by atoms with E-state index in [1.54, 1.807) is 48.5 Å². The predicted molar refractivity (Wildman–Crippen MR) is 117 cm³/mol. The summed E-state index contributed by atoms with van der Waals surface area (Å²) in [6.07, 6.45) is 1.61. The third-order valence-corrected chi connectivity index (χ3v) is 4.24. The zero-order valence-corrected chi connectivity index (χ0v) is 16.8. The van der Waals surface area contributed by atoms with Crippen molar-refractivity contribution in [2.45, 2.75) is 19.4 Å². The molecule has 0 radical (unpaired) electrons. The summed E-state index contributed by atoms with van der Waals surface area (Å²) in [5.74, 6) is -0.204. The van der Waals surface area contributed by atoms with E-state index in [2.05, 4.69) is 15.8 Å². The number of hydrogen-bond donors (Lipinski definition) is 2. The highest BCUT2D eigenvalue weighted by molar-refractivity contribution is 5.93. The third kappa shape index (κ3) is 7.74. The molecule has 3 aromatic carbocycles. The van der Waals surface area contributed by atoms with Gasteiger partial charge in [0, 0.05) is 18.5 Å². The Morgan fingerprint density at radius 3 is 2.26 bits per heavy atom. The maximum Gasteiger partial charge on any atom is 0.240 e. The highest BCUT2D eigenvalue weighted by Gasteiger charge is 2.06. The summed E-state index contributed by atoms with van der Waals surface area (Å²) < 4.78 is 18.6. The summed E-state index contributed by atoms with van der Waals surface area (Å²) in [4.78, 5) is 23.7. The molecule has 0 fully saturated rings. The van der Waals surface area contributed by atoms with Crippen molar-refractivity contribution in [3.05, 3.63) is 95.8 Å². The van der Waals surface area contributed by atoms with Crippen LogP contribution in [-0.2, 0) is 16.2 Å². The fraction of sp³-hybridized carbons (Fsp3) is 0.125. The number of nitrogens with one attached hydrogen (secondary N) is 2. The highest BCUT2D eigenvalue weighted by Crippen LogP contribution is 2.14. The number of anilines is 1. The van der Waals surface area contributed by atoms with Crippen LogP contribution < -0.4 is 15.5 Å². The fourth-order valence-corrected chi connectivity index (χ4v) is 2.60. The van der Waals surface area contributed by atoms with Gasteiger partial charge in [0.15, 0.2) is 0 Å². The van der Waals surface area contributed by atoms with Gasteiger partial charge in [0.2, 0.25) is 11.8 Å². The minimum absolute atomic E-state index is 0.0339. The number of hydrogen-bond acceptors (Lipinski definition) is 4. The molecule has 0 saturated heterocycles. The number of benzene rings is 3. The first-order valence-corrected chi connectivity index (χ1v) is 9.72. The molecule has 7 heteroatoms. The van der Waals surface area contributed by atoms with Gasteiger partial charge in [0.25, 0.3) is 0 Å². The lowest BCUT2D eigenvalue weighted by Gasteiger charge is -2.06. The van der Waals surface area contributed by atoms with Gasteiger partial charge in [-0.05, 0) is 59.7 Å². The van der Waals surface area contributed by atoms with Crippen LogP contribution in [0.25, 0.3) is 0 Å². The highest BCUT2D eigenvalue weighted by atomic mass is 19.1. The Morgan fingerprint density at radius 2 is 1.55 bits per heavy atom. The Kier molecular flexibility index (Phi) is 7.88. The first-order chi connectivity index (χ1) is 15.1. The molecule has 2 N–H and O–H groups in total. The van der Waals surface area contributed by atoms with E-state index >= 15 is 0 Å². The van der Waals surface area contributed by atoms with Crippen LogP contribution in [0.5, 0.6) is 5.75 Å². The molecule has 158 valence electrons. The maximum absolute atomic E-state index is 12.9. The molecular formula is C24H22FN3O3. The number of rotatable bonds is 9. The summed E-state index contributed by atoms with van der Waals surface area (Å²) in [6, 6.07) is 22.3. The zero-order chi connectivity index (χ0) is 21.9. The van der Waals surface area contributed by atoms with Crippen LogP contribution in [0.3, 0.4) is 0 Å². The van der Waals surface area contributed by atoms with Crippen LogP contribution in [-0.4, -0.2) is 18.0 Å². The molecule has 3 aromatic rings. The number of ether oxygens (including phenoxy) is 1. The van der Waals surface area contributed by atoms with Crippen molar-refractivity contribution in [2.75, 3.05) is 5.32 Å². The van der Waals surface area contributed by atoms with Gasteiger partial charge in [-0.25, -0.2) is 9.82 Å². The van der Waals surface area contributed by atoms with Crippen LogP contribution in [0.1, 0.15) is 24.0 Å². The van der Waals surface area contributed by atoms with Crippen LogP contribution in [0, 0.1) is 5.82 Å². The van der Waals surface area contributed by atoms with E-state index in [9.17, 15) is 14.0 Å². The van der Waals surface area contributed by atoms with E-state index in [-0.39, 0.29) is 30.5 Å². The van der Waals surface area contributed by atoms with E-state index in [1.807, 2.05) is 18.2 Å². The van der Waals surface area contributed by atoms with E-state index in [0.29, 0.717) is 18.0 Å². The number of carbonyl (C=O) groups is 2. The first kappa shape index (κ1) is 21.7. The lowest BCUT2D eigenvalue weighted by Crippen LogP contribution is -2.20. The Morgan fingerprint density at radius 1 is 0.871 bits per heavy atom. The van der Waals surface area contributed by atoms with Gasteiger partial charge in [0.05, 0.1) is 6.21 Å². The Hall–Kier alpha value is -4.00. The molecule has 0 heterocycles. The molecule has 0 aliphatic carbocycles. The Bertz CT molecular complexity index is 1020. The van der Waals surface area contributed by atoms with Crippen LogP contribution in [0.15, 0.2) is 84.0 Å². The second-order valence-corrected chi connectivity index (χ2v) is 6.69. The molecule has 0 aliphatic rings. The Labute approximate surface area is 179 Å². The van der Waals surface area contributed by atoms with Crippen molar-refractivity contribution in [3.63, 3.8) is 0 Å². The largest absolute Gasteiger partial charge is 0.489 e. The van der Waals surface area contributed by atoms with Crippen molar-refractivity contribution in [2.24, 2.45) is 5.10 Å². The number of para-hydroxylation sites is 1. The number of amides is 2. The number of nitrogens with zero attached hydrogens (tertiary/aromatic N) is 1. The summed E-state index contributed by atoms with van der Waals surface area (Å²) in [7, 11) is 0. The summed E-state index contributed by atoms with van der Waals surface area (Å²) in [5.41, 5.74) is 4.74. The average molecular weight is 419 g/mol. The van der Waals surface area contributed by atoms with E-state index < -0.39 is 0 Å². The van der Waals surface area contributed by atoms with Gasteiger partial charge in [-0.15, -0.1) is 0 Å². The summed E-state index contributed by atoms with van der Waals surface area (Å²) in [5, 5.41) is 6.62. The molecule has 3 rings (SSSR count).